The van der Waals surface area contributed by atoms with Gasteiger partial charge < -0.3 is 15.5 Å². The Morgan fingerprint density at radius 1 is 1.19 bits per heavy atom. The number of pyridine rings is 1. The van der Waals surface area contributed by atoms with E-state index in [4.69, 9.17) is 10.2 Å². The SMILES string of the molecule is Cn1cc(NC(=O)c2coc(-c3ccnc(N)c3)n2)c(-c2ccccc2)n1. The van der Waals surface area contributed by atoms with Crippen LogP contribution in [0.15, 0.2) is 65.5 Å². The summed E-state index contributed by atoms with van der Waals surface area (Å²) in [5.41, 5.74) is 8.64. The van der Waals surface area contributed by atoms with Crippen LogP contribution >= 0.6 is 0 Å². The van der Waals surface area contributed by atoms with E-state index in [-0.39, 0.29) is 5.69 Å². The molecule has 0 aliphatic carbocycles. The fraction of sp³-hybridized carbons (Fsp3) is 0.0526. The van der Waals surface area contributed by atoms with E-state index in [1.165, 1.54) is 6.26 Å². The summed E-state index contributed by atoms with van der Waals surface area (Å²) in [5, 5.41) is 7.27. The Morgan fingerprint density at radius 2 is 2.00 bits per heavy atom. The third-order valence-electron chi connectivity index (χ3n) is 3.89. The topological polar surface area (TPSA) is 112 Å². The van der Waals surface area contributed by atoms with Gasteiger partial charge in [-0.05, 0) is 12.1 Å². The molecule has 8 heteroatoms. The first-order chi connectivity index (χ1) is 13.1. The number of amides is 1. The molecule has 0 fully saturated rings. The molecular weight excluding hydrogens is 344 g/mol. The predicted molar refractivity (Wildman–Crippen MR) is 101 cm³/mol. The fourth-order valence-electron chi connectivity index (χ4n) is 2.67. The maximum absolute atomic E-state index is 12.6. The van der Waals surface area contributed by atoms with E-state index in [1.54, 1.807) is 36.3 Å². The van der Waals surface area contributed by atoms with Gasteiger partial charge in [-0.15, -0.1) is 0 Å². The normalized spacial score (nSPS) is 10.7. The zero-order valence-electron chi connectivity index (χ0n) is 14.5. The van der Waals surface area contributed by atoms with Gasteiger partial charge in [-0.3, -0.25) is 9.48 Å². The molecule has 1 amide bonds. The summed E-state index contributed by atoms with van der Waals surface area (Å²) in [5.74, 6) is 0.250. The molecule has 0 unspecified atom stereocenters. The maximum atomic E-state index is 12.6. The van der Waals surface area contributed by atoms with Crippen molar-refractivity contribution >= 4 is 17.4 Å². The molecule has 134 valence electrons. The summed E-state index contributed by atoms with van der Waals surface area (Å²) in [7, 11) is 1.80. The molecule has 3 aromatic heterocycles. The van der Waals surface area contributed by atoms with Crippen molar-refractivity contribution in [3.8, 4) is 22.7 Å². The first-order valence-corrected chi connectivity index (χ1v) is 8.18. The number of nitrogens with one attached hydrogen (secondary N) is 1. The van der Waals surface area contributed by atoms with Crippen molar-refractivity contribution in [1.82, 2.24) is 19.7 Å². The van der Waals surface area contributed by atoms with Crippen LogP contribution in [0.25, 0.3) is 22.7 Å². The van der Waals surface area contributed by atoms with Gasteiger partial charge in [0.05, 0.1) is 5.69 Å². The Morgan fingerprint density at radius 3 is 2.78 bits per heavy atom. The Labute approximate surface area is 154 Å². The number of benzene rings is 1. The quantitative estimate of drug-likeness (QED) is 0.579. The van der Waals surface area contributed by atoms with Crippen LogP contribution in [0.5, 0.6) is 0 Å². The lowest BCUT2D eigenvalue weighted by Gasteiger charge is -2.03. The van der Waals surface area contributed by atoms with E-state index in [1.807, 2.05) is 30.3 Å². The molecule has 4 rings (SSSR count). The number of nitrogens with two attached hydrogens (primary N) is 1. The fourth-order valence-corrected chi connectivity index (χ4v) is 2.67. The second-order valence-corrected chi connectivity index (χ2v) is 5.89. The zero-order valence-corrected chi connectivity index (χ0v) is 14.5. The third kappa shape index (κ3) is 3.40. The zero-order chi connectivity index (χ0) is 18.8. The second-order valence-electron chi connectivity index (χ2n) is 5.89. The Balaban J connectivity index is 1.59. The number of carbonyl (C=O) groups excluding carboxylic acids is 1. The standard InChI is InChI=1S/C19H16N6O2/c1-25-10-14(17(24-25)12-5-3-2-4-6-12)22-18(26)15-11-27-19(23-15)13-7-8-21-16(20)9-13/h2-11H,1H3,(H2,20,21)(H,22,26). The highest BCUT2D eigenvalue weighted by Crippen LogP contribution is 2.27. The minimum atomic E-state index is -0.391. The van der Waals surface area contributed by atoms with Crippen LogP contribution in [-0.4, -0.2) is 25.7 Å². The van der Waals surface area contributed by atoms with Crippen LogP contribution in [0.4, 0.5) is 11.5 Å². The van der Waals surface area contributed by atoms with E-state index in [2.05, 4.69) is 20.4 Å². The van der Waals surface area contributed by atoms with Gasteiger partial charge in [0.1, 0.15) is 17.8 Å². The van der Waals surface area contributed by atoms with E-state index >= 15 is 0 Å². The Hall–Kier alpha value is -3.94. The average Bonchev–Trinajstić information content (AvgIpc) is 3.29. The smallest absolute Gasteiger partial charge is 0.277 e. The third-order valence-corrected chi connectivity index (χ3v) is 3.89. The van der Waals surface area contributed by atoms with Crippen LogP contribution < -0.4 is 11.1 Å². The molecule has 0 saturated heterocycles. The molecule has 0 saturated carbocycles. The minimum Gasteiger partial charge on any atom is -0.444 e. The first kappa shape index (κ1) is 16.5. The van der Waals surface area contributed by atoms with Crippen molar-refractivity contribution in [2.24, 2.45) is 7.05 Å². The molecular formula is C19H16N6O2. The van der Waals surface area contributed by atoms with Crippen molar-refractivity contribution in [2.75, 3.05) is 11.1 Å². The highest BCUT2D eigenvalue weighted by Gasteiger charge is 2.17. The van der Waals surface area contributed by atoms with Gasteiger partial charge in [0.25, 0.3) is 5.91 Å². The summed E-state index contributed by atoms with van der Waals surface area (Å²) in [6.07, 6.45) is 4.60. The number of aromatic nitrogens is 4. The van der Waals surface area contributed by atoms with Crippen molar-refractivity contribution in [2.45, 2.75) is 0 Å². The average molecular weight is 360 g/mol. The van der Waals surface area contributed by atoms with Crippen molar-refractivity contribution in [3.05, 3.63) is 66.8 Å². The number of hydrogen-bond acceptors (Lipinski definition) is 6. The molecule has 0 radical (unpaired) electrons. The number of anilines is 2. The van der Waals surface area contributed by atoms with Gasteiger partial charge in [0, 0.05) is 30.6 Å². The van der Waals surface area contributed by atoms with Crippen LogP contribution in [0.3, 0.4) is 0 Å². The van der Waals surface area contributed by atoms with Crippen molar-refractivity contribution < 1.29 is 9.21 Å². The highest BCUT2D eigenvalue weighted by atomic mass is 16.3. The molecule has 0 bridgehead atoms. The number of carbonyl (C=O) groups is 1. The second kappa shape index (κ2) is 6.75. The van der Waals surface area contributed by atoms with E-state index in [0.717, 1.165) is 5.56 Å². The van der Waals surface area contributed by atoms with Gasteiger partial charge in [-0.2, -0.15) is 5.10 Å². The number of oxazole rings is 1. The molecule has 8 nitrogen and oxygen atoms in total. The summed E-state index contributed by atoms with van der Waals surface area (Å²) < 4.78 is 7.05. The summed E-state index contributed by atoms with van der Waals surface area (Å²) in [4.78, 5) is 20.8. The van der Waals surface area contributed by atoms with Gasteiger partial charge in [-0.1, -0.05) is 30.3 Å². The van der Waals surface area contributed by atoms with Gasteiger partial charge in [-0.25, -0.2) is 9.97 Å². The number of hydrogen-bond donors (Lipinski definition) is 2. The highest BCUT2D eigenvalue weighted by molar-refractivity contribution is 6.04. The minimum absolute atomic E-state index is 0.156. The molecule has 0 aliphatic heterocycles. The van der Waals surface area contributed by atoms with Gasteiger partial charge in [0.15, 0.2) is 5.69 Å². The molecule has 3 N–H and O–H groups in total. The number of nitrogens with zero attached hydrogens (tertiary/aromatic N) is 4. The number of rotatable bonds is 4. The number of nitrogen functional groups attached to an aromatic ring is 1. The summed E-state index contributed by atoms with van der Waals surface area (Å²) in [6, 6.07) is 13.0. The van der Waals surface area contributed by atoms with E-state index < -0.39 is 5.91 Å². The van der Waals surface area contributed by atoms with Gasteiger partial charge in [0.2, 0.25) is 5.89 Å². The summed E-state index contributed by atoms with van der Waals surface area (Å²) in [6.45, 7) is 0. The van der Waals surface area contributed by atoms with E-state index in [9.17, 15) is 4.79 Å². The molecule has 3 heterocycles. The molecule has 0 aliphatic rings. The lowest BCUT2D eigenvalue weighted by molar-refractivity contribution is 0.102. The first-order valence-electron chi connectivity index (χ1n) is 8.18. The molecule has 4 aromatic rings. The molecule has 1 aromatic carbocycles. The lowest BCUT2D eigenvalue weighted by atomic mass is 10.1. The van der Waals surface area contributed by atoms with Crippen molar-refractivity contribution in [3.63, 3.8) is 0 Å². The number of aryl methyl sites for hydroxylation is 1. The van der Waals surface area contributed by atoms with E-state index in [0.29, 0.717) is 28.7 Å². The van der Waals surface area contributed by atoms with Crippen LogP contribution in [-0.2, 0) is 7.05 Å². The molecule has 27 heavy (non-hydrogen) atoms. The van der Waals surface area contributed by atoms with Crippen LogP contribution in [0.1, 0.15) is 10.5 Å². The predicted octanol–water partition coefficient (Wildman–Crippen LogP) is 2.97. The van der Waals surface area contributed by atoms with Gasteiger partial charge >= 0.3 is 0 Å². The monoisotopic (exact) mass is 360 g/mol. The molecule has 0 spiro atoms. The van der Waals surface area contributed by atoms with Crippen LogP contribution in [0.2, 0.25) is 0 Å². The summed E-state index contributed by atoms with van der Waals surface area (Å²) >= 11 is 0. The Kier molecular flexibility index (Phi) is 4.13. The largest absolute Gasteiger partial charge is 0.444 e. The maximum Gasteiger partial charge on any atom is 0.277 e. The van der Waals surface area contributed by atoms with Crippen molar-refractivity contribution in [1.29, 1.82) is 0 Å². The van der Waals surface area contributed by atoms with Crippen LogP contribution in [0, 0.1) is 0 Å². The molecule has 0 atom stereocenters. The lowest BCUT2D eigenvalue weighted by Crippen LogP contribution is -2.12. The Bertz CT molecular complexity index is 1100.